The zero-order valence-electron chi connectivity index (χ0n) is 18.6. The van der Waals surface area contributed by atoms with Crippen molar-refractivity contribution < 1.29 is 14.4 Å². The number of nitrogens with zero attached hydrogens (tertiary/aromatic N) is 3. The van der Waals surface area contributed by atoms with Crippen LogP contribution in [0.15, 0.2) is 64.5 Å². The molecule has 0 bridgehead atoms. The Kier molecular flexibility index (Phi) is 5.97. The monoisotopic (exact) mass is 464 g/mol. The van der Waals surface area contributed by atoms with Gasteiger partial charge in [0.1, 0.15) is 28.4 Å². The number of nitrogens with two attached hydrogens (primary N) is 1. The van der Waals surface area contributed by atoms with Crippen molar-refractivity contribution in [2.45, 2.75) is 12.5 Å². The van der Waals surface area contributed by atoms with E-state index < -0.39 is 5.60 Å². The summed E-state index contributed by atoms with van der Waals surface area (Å²) < 4.78 is 12.4. The minimum absolute atomic E-state index is 0.204. The van der Waals surface area contributed by atoms with E-state index >= 15 is 0 Å². The van der Waals surface area contributed by atoms with Crippen molar-refractivity contribution >= 4 is 33.0 Å². The van der Waals surface area contributed by atoms with Crippen LogP contribution in [-0.2, 0) is 0 Å². The van der Waals surface area contributed by atoms with Crippen LogP contribution < -0.4 is 15.4 Å². The molecule has 5 rings (SSSR count). The number of fused-ring (bicyclic) bond motifs is 1. The number of β-amino-alcohol motifs (C(OH)–C–C–N with tert-alkyl or cyclic N) is 1. The average Bonchev–Trinajstić information content (AvgIpc) is 3.43. The van der Waals surface area contributed by atoms with Crippen molar-refractivity contribution in [2.75, 3.05) is 50.0 Å². The first-order valence-electron chi connectivity index (χ1n) is 11.1. The lowest BCUT2D eigenvalue weighted by Gasteiger charge is -2.39. The second-order valence-corrected chi connectivity index (χ2v) is 9.70. The number of nitrogen functional groups attached to an aromatic ring is 1. The molecule has 0 radical (unpaired) electrons. The Bertz CT molecular complexity index is 1230. The molecule has 0 saturated carbocycles. The van der Waals surface area contributed by atoms with Gasteiger partial charge < -0.3 is 25.0 Å². The standard InChI is InChI=1S/C25H28N4O3S/c1-25(30,16-28-10-12-29(13-11-28)21-8-3-2-7-20(21)26)17-31-19-6-4-5-18(15-19)23-24-22(32-27-23)9-14-33-24/h2-9,14-15,30H,10-13,16-17,26H2,1H3/t25-/m0/s1. The van der Waals surface area contributed by atoms with E-state index in [0.717, 1.165) is 59.1 Å². The van der Waals surface area contributed by atoms with Gasteiger partial charge in [0, 0.05) is 38.3 Å². The normalized spacial score (nSPS) is 16.7. The van der Waals surface area contributed by atoms with Crippen LogP contribution in [0.25, 0.3) is 21.5 Å². The number of para-hydroxylation sites is 2. The molecule has 172 valence electrons. The van der Waals surface area contributed by atoms with Gasteiger partial charge in [-0.3, -0.25) is 4.90 Å². The maximum Gasteiger partial charge on any atom is 0.178 e. The van der Waals surface area contributed by atoms with Gasteiger partial charge in [0.25, 0.3) is 0 Å². The van der Waals surface area contributed by atoms with Crippen molar-refractivity contribution in [2.24, 2.45) is 0 Å². The largest absolute Gasteiger partial charge is 0.491 e. The molecule has 2 aromatic carbocycles. The second-order valence-electron chi connectivity index (χ2n) is 8.78. The van der Waals surface area contributed by atoms with E-state index in [1.807, 2.05) is 60.8 Å². The predicted octanol–water partition coefficient (Wildman–Crippen LogP) is 4.09. The van der Waals surface area contributed by atoms with Crippen molar-refractivity contribution in [1.82, 2.24) is 10.1 Å². The molecule has 1 atom stereocenters. The van der Waals surface area contributed by atoms with Crippen LogP contribution in [0.3, 0.4) is 0 Å². The maximum atomic E-state index is 11.0. The number of ether oxygens (including phenoxy) is 1. The predicted molar refractivity (Wildman–Crippen MR) is 133 cm³/mol. The fourth-order valence-corrected chi connectivity index (χ4v) is 5.10. The van der Waals surface area contributed by atoms with E-state index in [1.54, 1.807) is 11.3 Å². The fourth-order valence-electron chi connectivity index (χ4n) is 4.28. The van der Waals surface area contributed by atoms with Gasteiger partial charge in [-0.05, 0) is 42.6 Å². The van der Waals surface area contributed by atoms with Crippen LogP contribution in [0.1, 0.15) is 6.92 Å². The highest BCUT2D eigenvalue weighted by Crippen LogP contribution is 2.33. The smallest absolute Gasteiger partial charge is 0.178 e. The molecule has 3 N–H and O–H groups in total. The SMILES string of the molecule is C[C@@](O)(COc1cccc(-c2noc3ccsc23)c1)CN1CCN(c2ccccc2N)CC1. The Balaban J connectivity index is 1.17. The molecule has 1 fully saturated rings. The van der Waals surface area contributed by atoms with Crippen LogP contribution in [0.5, 0.6) is 5.75 Å². The van der Waals surface area contributed by atoms with Gasteiger partial charge in [-0.15, -0.1) is 11.3 Å². The minimum Gasteiger partial charge on any atom is -0.491 e. The van der Waals surface area contributed by atoms with Gasteiger partial charge in [0.2, 0.25) is 0 Å². The van der Waals surface area contributed by atoms with Crippen LogP contribution in [0.2, 0.25) is 0 Å². The highest BCUT2D eigenvalue weighted by atomic mass is 32.1. The summed E-state index contributed by atoms with van der Waals surface area (Å²) >= 11 is 1.60. The molecular formula is C25H28N4O3S. The number of hydrogen-bond acceptors (Lipinski definition) is 8. The van der Waals surface area contributed by atoms with E-state index in [0.29, 0.717) is 12.3 Å². The van der Waals surface area contributed by atoms with Crippen LogP contribution in [0.4, 0.5) is 11.4 Å². The summed E-state index contributed by atoms with van der Waals surface area (Å²) in [6.07, 6.45) is 0. The number of rotatable bonds is 7. The average molecular weight is 465 g/mol. The summed E-state index contributed by atoms with van der Waals surface area (Å²) in [6, 6.07) is 17.6. The first-order valence-corrected chi connectivity index (χ1v) is 12.0. The molecule has 8 heteroatoms. The third-order valence-corrected chi connectivity index (χ3v) is 6.85. The van der Waals surface area contributed by atoms with Crippen molar-refractivity contribution in [3.63, 3.8) is 0 Å². The molecule has 0 spiro atoms. The molecule has 0 unspecified atom stereocenters. The number of hydrogen-bond donors (Lipinski definition) is 2. The van der Waals surface area contributed by atoms with E-state index in [9.17, 15) is 5.11 Å². The zero-order chi connectivity index (χ0) is 22.8. The summed E-state index contributed by atoms with van der Waals surface area (Å²) in [5.41, 5.74) is 9.58. The summed E-state index contributed by atoms with van der Waals surface area (Å²) in [6.45, 7) is 6.06. The number of piperazine rings is 1. The summed E-state index contributed by atoms with van der Waals surface area (Å²) in [5, 5.41) is 17.2. The Morgan fingerprint density at radius 3 is 2.76 bits per heavy atom. The Morgan fingerprint density at radius 2 is 1.94 bits per heavy atom. The lowest BCUT2D eigenvalue weighted by Crippen LogP contribution is -2.52. The third kappa shape index (κ3) is 4.83. The van der Waals surface area contributed by atoms with Crippen molar-refractivity contribution in [1.29, 1.82) is 0 Å². The molecule has 1 aliphatic rings. The van der Waals surface area contributed by atoms with Crippen LogP contribution in [0, 0.1) is 0 Å². The molecule has 33 heavy (non-hydrogen) atoms. The molecule has 2 aromatic heterocycles. The molecule has 4 aromatic rings. The van der Waals surface area contributed by atoms with Gasteiger partial charge in [-0.1, -0.05) is 29.4 Å². The second kappa shape index (κ2) is 9.05. The van der Waals surface area contributed by atoms with Crippen LogP contribution >= 0.6 is 11.3 Å². The lowest BCUT2D eigenvalue weighted by atomic mass is 10.1. The van der Waals surface area contributed by atoms with Crippen LogP contribution in [-0.4, -0.2) is 60.1 Å². The van der Waals surface area contributed by atoms with E-state index in [1.165, 1.54) is 0 Å². The first kappa shape index (κ1) is 21.8. The number of aromatic nitrogens is 1. The molecule has 1 aliphatic heterocycles. The molecule has 7 nitrogen and oxygen atoms in total. The topological polar surface area (TPSA) is 88.0 Å². The van der Waals surface area contributed by atoms with E-state index in [-0.39, 0.29) is 6.61 Å². The summed E-state index contributed by atoms with van der Waals surface area (Å²) in [5.74, 6) is 0.699. The molecule has 0 amide bonds. The van der Waals surface area contributed by atoms with Crippen molar-refractivity contribution in [3.8, 4) is 17.0 Å². The van der Waals surface area contributed by atoms with Gasteiger partial charge in [0.05, 0.1) is 11.4 Å². The van der Waals surface area contributed by atoms with E-state index in [2.05, 4.69) is 21.0 Å². The van der Waals surface area contributed by atoms with Gasteiger partial charge in [0.15, 0.2) is 5.58 Å². The van der Waals surface area contributed by atoms with Gasteiger partial charge in [-0.25, -0.2) is 0 Å². The number of anilines is 2. The molecule has 1 saturated heterocycles. The summed E-state index contributed by atoms with van der Waals surface area (Å²) in [4.78, 5) is 4.58. The zero-order valence-corrected chi connectivity index (χ0v) is 19.4. The molecular weight excluding hydrogens is 436 g/mol. The Morgan fingerprint density at radius 1 is 1.12 bits per heavy atom. The van der Waals surface area contributed by atoms with Crippen molar-refractivity contribution in [3.05, 3.63) is 60.0 Å². The summed E-state index contributed by atoms with van der Waals surface area (Å²) in [7, 11) is 0. The first-order chi connectivity index (χ1) is 16.0. The van der Waals surface area contributed by atoms with E-state index in [4.69, 9.17) is 15.0 Å². The number of thiophene rings is 1. The van der Waals surface area contributed by atoms with Gasteiger partial charge in [-0.2, -0.15) is 0 Å². The quantitative estimate of drug-likeness (QED) is 0.398. The number of benzene rings is 2. The molecule has 0 aliphatic carbocycles. The third-order valence-electron chi connectivity index (χ3n) is 5.95. The Hall–Kier alpha value is -3.07. The van der Waals surface area contributed by atoms with Gasteiger partial charge >= 0.3 is 0 Å². The number of aliphatic hydroxyl groups is 1. The Labute approximate surface area is 197 Å². The fraction of sp³-hybridized carbons (Fsp3) is 0.320. The highest BCUT2D eigenvalue weighted by Gasteiger charge is 2.28. The lowest BCUT2D eigenvalue weighted by molar-refractivity contribution is -0.0184. The minimum atomic E-state index is -0.973. The molecule has 3 heterocycles. The maximum absolute atomic E-state index is 11.0. The highest BCUT2D eigenvalue weighted by molar-refractivity contribution is 7.17.